The highest BCUT2D eigenvalue weighted by atomic mass is 19.1. The van der Waals surface area contributed by atoms with Crippen LogP contribution in [0, 0.1) is 5.82 Å². The van der Waals surface area contributed by atoms with Gasteiger partial charge in [0.25, 0.3) is 5.95 Å². The number of anilines is 2. The van der Waals surface area contributed by atoms with Crippen LogP contribution in [0.3, 0.4) is 0 Å². The summed E-state index contributed by atoms with van der Waals surface area (Å²) in [5.41, 5.74) is 2.32. The molecule has 6 nitrogen and oxygen atoms in total. The third-order valence-electron chi connectivity index (χ3n) is 2.99. The van der Waals surface area contributed by atoms with Crippen molar-refractivity contribution in [3.63, 3.8) is 0 Å². The van der Waals surface area contributed by atoms with E-state index in [0.29, 0.717) is 11.7 Å². The van der Waals surface area contributed by atoms with E-state index >= 15 is 0 Å². The molecule has 1 aromatic heterocycles. The van der Waals surface area contributed by atoms with E-state index in [0.717, 1.165) is 11.3 Å². The average Bonchev–Trinajstić information content (AvgIpc) is 2.96. The Balaban J connectivity index is 1.85. The maximum absolute atomic E-state index is 12.9. The molecule has 1 heterocycles. The largest absolute Gasteiger partial charge is 0.321 e. The Morgan fingerprint density at radius 3 is 2.55 bits per heavy atom. The smallest absolute Gasteiger partial charge is 0.269 e. The molecule has 0 saturated heterocycles. The molecular weight excluding hydrogens is 283 g/mol. The van der Waals surface area contributed by atoms with Crippen molar-refractivity contribution < 1.29 is 4.39 Å². The monoisotopic (exact) mass is 296 g/mol. The number of hydrogen-bond donors (Lipinski definition) is 1. The molecule has 0 fully saturated rings. The highest BCUT2D eigenvalue weighted by Crippen LogP contribution is 2.13. The van der Waals surface area contributed by atoms with Crippen LogP contribution in [0.1, 0.15) is 12.5 Å². The van der Waals surface area contributed by atoms with E-state index in [1.807, 2.05) is 30.3 Å². The van der Waals surface area contributed by atoms with Gasteiger partial charge in [-0.05, 0) is 47.2 Å². The predicted octanol–water partition coefficient (Wildman–Crippen LogP) is 2.83. The molecule has 0 aliphatic rings. The zero-order valence-electron chi connectivity index (χ0n) is 11.8. The molecule has 0 spiro atoms. The van der Waals surface area contributed by atoms with Crippen LogP contribution in [-0.2, 0) is 0 Å². The lowest BCUT2D eigenvalue weighted by atomic mass is 10.1. The summed E-state index contributed by atoms with van der Waals surface area (Å²) in [6, 6.07) is 15.6. The number of tetrazole rings is 1. The normalized spacial score (nSPS) is 11.5. The molecule has 0 aliphatic carbocycles. The fraction of sp³-hybridized carbons (Fsp3) is 0.0667. The first-order valence-corrected chi connectivity index (χ1v) is 6.64. The molecule has 1 N–H and O–H groups in total. The van der Waals surface area contributed by atoms with Crippen LogP contribution in [0.25, 0.3) is 0 Å². The lowest BCUT2D eigenvalue weighted by Gasteiger charge is -2.04. The van der Waals surface area contributed by atoms with Crippen molar-refractivity contribution in [2.24, 2.45) is 5.10 Å². The minimum atomic E-state index is -0.287. The Morgan fingerprint density at radius 1 is 1.09 bits per heavy atom. The van der Waals surface area contributed by atoms with Crippen molar-refractivity contribution in [3.8, 4) is 0 Å². The van der Waals surface area contributed by atoms with E-state index in [9.17, 15) is 4.39 Å². The third-order valence-corrected chi connectivity index (χ3v) is 2.99. The van der Waals surface area contributed by atoms with Crippen LogP contribution in [0.4, 0.5) is 16.0 Å². The molecule has 0 atom stereocenters. The molecule has 3 aromatic rings. The molecule has 22 heavy (non-hydrogen) atoms. The Bertz CT molecular complexity index is 779. The van der Waals surface area contributed by atoms with E-state index < -0.39 is 0 Å². The molecule has 2 aromatic carbocycles. The maximum atomic E-state index is 12.9. The quantitative estimate of drug-likeness (QED) is 0.752. The molecule has 0 amide bonds. The number of benzene rings is 2. The van der Waals surface area contributed by atoms with Crippen LogP contribution in [-0.4, -0.2) is 26.0 Å². The molecule has 3 rings (SSSR count). The number of para-hydroxylation sites is 1. The standard InChI is InChI=1S/C15H13FN6/c1-11(12-7-9-13(16)10-8-12)19-22-15(18-20-21-22)17-14-5-3-2-4-6-14/h2-10H,1H3,(H,17,18,21). The first kappa shape index (κ1) is 13.9. The van der Waals surface area contributed by atoms with E-state index in [1.54, 1.807) is 19.1 Å². The van der Waals surface area contributed by atoms with Crippen molar-refractivity contribution in [2.45, 2.75) is 6.92 Å². The van der Waals surface area contributed by atoms with Gasteiger partial charge in [0.1, 0.15) is 5.82 Å². The summed E-state index contributed by atoms with van der Waals surface area (Å²) in [7, 11) is 0. The van der Waals surface area contributed by atoms with Gasteiger partial charge in [-0.25, -0.2) is 4.39 Å². The highest BCUT2D eigenvalue weighted by molar-refractivity contribution is 5.98. The summed E-state index contributed by atoms with van der Waals surface area (Å²) < 4.78 is 12.9. The van der Waals surface area contributed by atoms with Gasteiger partial charge in [0.15, 0.2) is 0 Å². The molecule has 0 saturated carbocycles. The lowest BCUT2D eigenvalue weighted by molar-refractivity contribution is 0.627. The predicted molar refractivity (Wildman–Crippen MR) is 81.6 cm³/mol. The van der Waals surface area contributed by atoms with Crippen molar-refractivity contribution in [2.75, 3.05) is 5.32 Å². The average molecular weight is 296 g/mol. The van der Waals surface area contributed by atoms with Crippen molar-refractivity contribution >= 4 is 17.3 Å². The summed E-state index contributed by atoms with van der Waals surface area (Å²) in [5.74, 6) is 0.109. The number of halogens is 1. The SMILES string of the molecule is CC(=Nn1nnnc1Nc1ccccc1)c1ccc(F)cc1. The number of nitrogens with zero attached hydrogens (tertiary/aromatic N) is 5. The molecular formula is C15H13FN6. The fourth-order valence-corrected chi connectivity index (χ4v) is 1.87. The number of hydrogen-bond acceptors (Lipinski definition) is 5. The van der Waals surface area contributed by atoms with Crippen LogP contribution >= 0.6 is 0 Å². The minimum absolute atomic E-state index is 0.287. The van der Waals surface area contributed by atoms with Gasteiger partial charge in [-0.1, -0.05) is 40.2 Å². The molecule has 0 aliphatic heterocycles. The van der Waals surface area contributed by atoms with E-state index in [2.05, 4.69) is 25.9 Å². The second kappa shape index (κ2) is 6.13. The first-order valence-electron chi connectivity index (χ1n) is 6.64. The van der Waals surface area contributed by atoms with Gasteiger partial charge in [-0.15, -0.1) is 0 Å². The maximum Gasteiger partial charge on any atom is 0.269 e. The van der Waals surface area contributed by atoms with Gasteiger partial charge in [0.05, 0.1) is 5.71 Å². The lowest BCUT2D eigenvalue weighted by Crippen LogP contribution is -2.05. The number of nitrogens with one attached hydrogen (secondary N) is 1. The van der Waals surface area contributed by atoms with Crippen molar-refractivity contribution in [1.29, 1.82) is 0 Å². The van der Waals surface area contributed by atoms with Gasteiger partial charge in [-0.3, -0.25) is 0 Å². The van der Waals surface area contributed by atoms with Gasteiger partial charge < -0.3 is 5.32 Å². The first-order chi connectivity index (χ1) is 10.7. The van der Waals surface area contributed by atoms with Crippen molar-refractivity contribution in [1.82, 2.24) is 20.3 Å². The van der Waals surface area contributed by atoms with Crippen LogP contribution < -0.4 is 5.32 Å². The third kappa shape index (κ3) is 3.14. The van der Waals surface area contributed by atoms with Crippen LogP contribution in [0.2, 0.25) is 0 Å². The highest BCUT2D eigenvalue weighted by Gasteiger charge is 2.06. The molecule has 110 valence electrons. The van der Waals surface area contributed by atoms with Gasteiger partial charge in [0, 0.05) is 5.69 Å². The number of rotatable bonds is 4. The summed E-state index contributed by atoms with van der Waals surface area (Å²) in [6.45, 7) is 1.81. The second-order valence-electron chi connectivity index (χ2n) is 4.58. The van der Waals surface area contributed by atoms with E-state index in [1.165, 1.54) is 16.9 Å². The molecule has 0 bridgehead atoms. The second-order valence-corrected chi connectivity index (χ2v) is 4.58. The minimum Gasteiger partial charge on any atom is -0.321 e. The molecule has 0 unspecified atom stereocenters. The Hall–Kier alpha value is -3.09. The number of aromatic nitrogens is 4. The van der Waals surface area contributed by atoms with E-state index in [4.69, 9.17) is 0 Å². The molecule has 0 radical (unpaired) electrons. The summed E-state index contributed by atoms with van der Waals surface area (Å²) in [6.07, 6.45) is 0. The Kier molecular flexibility index (Phi) is 3.86. The van der Waals surface area contributed by atoms with Crippen molar-refractivity contribution in [3.05, 3.63) is 66.0 Å². The van der Waals surface area contributed by atoms with Crippen LogP contribution in [0.5, 0.6) is 0 Å². The van der Waals surface area contributed by atoms with Gasteiger partial charge >= 0.3 is 0 Å². The zero-order valence-corrected chi connectivity index (χ0v) is 11.8. The van der Waals surface area contributed by atoms with Gasteiger partial charge in [-0.2, -0.15) is 5.10 Å². The van der Waals surface area contributed by atoms with Crippen LogP contribution in [0.15, 0.2) is 59.7 Å². The van der Waals surface area contributed by atoms with Gasteiger partial charge in [0.2, 0.25) is 0 Å². The Labute approximate surface area is 126 Å². The zero-order chi connectivity index (χ0) is 15.4. The molecule has 7 heteroatoms. The topological polar surface area (TPSA) is 68.0 Å². The summed E-state index contributed by atoms with van der Waals surface area (Å²) in [5, 5.41) is 18.7. The Morgan fingerprint density at radius 2 is 1.82 bits per heavy atom. The summed E-state index contributed by atoms with van der Waals surface area (Å²) in [4.78, 5) is 1.30. The van der Waals surface area contributed by atoms with E-state index in [-0.39, 0.29) is 5.82 Å². The summed E-state index contributed by atoms with van der Waals surface area (Å²) >= 11 is 0. The fourth-order valence-electron chi connectivity index (χ4n) is 1.87.